The molecule has 1 fully saturated rings. The van der Waals surface area contributed by atoms with Gasteiger partial charge in [-0.2, -0.15) is 0 Å². The summed E-state index contributed by atoms with van der Waals surface area (Å²) in [7, 11) is 0. The lowest BCUT2D eigenvalue weighted by Gasteiger charge is -2.33. The third-order valence-corrected chi connectivity index (χ3v) is 4.03. The molecule has 5 nitrogen and oxygen atoms in total. The normalized spacial score (nSPS) is 19.6. The molecular weight excluding hydrogens is 304 g/mol. The largest absolute Gasteiger partial charge is 0.374 e. The fourth-order valence-corrected chi connectivity index (χ4v) is 2.65. The lowest BCUT2D eigenvalue weighted by Crippen LogP contribution is -2.48. The van der Waals surface area contributed by atoms with Crippen molar-refractivity contribution in [3.63, 3.8) is 0 Å². The maximum Gasteiger partial charge on any atom is 0.248 e. The molecule has 1 aromatic rings. The fraction of sp³-hybridized carbons (Fsp3) is 0.526. The number of nitrogens with one attached hydrogen (secondary N) is 1. The first-order valence-electron chi connectivity index (χ1n) is 8.57. The van der Waals surface area contributed by atoms with Gasteiger partial charge >= 0.3 is 0 Å². The van der Waals surface area contributed by atoms with Crippen LogP contribution in [0, 0.1) is 0 Å². The van der Waals surface area contributed by atoms with Crippen LogP contribution in [0.1, 0.15) is 18.9 Å². The van der Waals surface area contributed by atoms with E-state index in [2.05, 4.69) is 41.1 Å². The number of rotatable bonds is 9. The van der Waals surface area contributed by atoms with Gasteiger partial charge in [0.15, 0.2) is 0 Å². The van der Waals surface area contributed by atoms with Crippen molar-refractivity contribution >= 4 is 5.91 Å². The summed E-state index contributed by atoms with van der Waals surface area (Å²) in [5.74, 6) is -0.0946. The van der Waals surface area contributed by atoms with E-state index in [9.17, 15) is 4.79 Å². The van der Waals surface area contributed by atoms with Crippen LogP contribution in [-0.2, 0) is 20.8 Å². The number of amides is 1. The average molecular weight is 332 g/mol. The SMILES string of the molecule is C=CCCO[C@H](C)C(=O)NC[C@@H]1CN(Cc2ccccc2)CCO1. The van der Waals surface area contributed by atoms with E-state index in [-0.39, 0.29) is 12.0 Å². The van der Waals surface area contributed by atoms with Crippen LogP contribution in [0.4, 0.5) is 0 Å². The predicted octanol–water partition coefficient (Wildman–Crippen LogP) is 1.98. The number of nitrogens with zero attached hydrogens (tertiary/aromatic N) is 1. The molecule has 1 N–H and O–H groups in total. The van der Waals surface area contributed by atoms with E-state index in [1.54, 1.807) is 13.0 Å². The zero-order valence-electron chi connectivity index (χ0n) is 14.4. The number of carbonyl (C=O) groups excluding carboxylic acids is 1. The van der Waals surface area contributed by atoms with Gasteiger partial charge < -0.3 is 14.8 Å². The predicted molar refractivity (Wildman–Crippen MR) is 94.7 cm³/mol. The van der Waals surface area contributed by atoms with Crippen LogP contribution in [0.3, 0.4) is 0 Å². The zero-order valence-corrected chi connectivity index (χ0v) is 14.4. The van der Waals surface area contributed by atoms with Gasteiger partial charge in [0.1, 0.15) is 6.10 Å². The van der Waals surface area contributed by atoms with Crippen molar-refractivity contribution in [3.05, 3.63) is 48.6 Å². The molecule has 1 saturated heterocycles. The summed E-state index contributed by atoms with van der Waals surface area (Å²) in [6.07, 6.45) is 2.10. The molecule has 0 saturated carbocycles. The fourth-order valence-electron chi connectivity index (χ4n) is 2.65. The summed E-state index contributed by atoms with van der Waals surface area (Å²) in [5.41, 5.74) is 1.30. The van der Waals surface area contributed by atoms with E-state index in [1.165, 1.54) is 5.56 Å². The summed E-state index contributed by atoms with van der Waals surface area (Å²) in [5, 5.41) is 2.92. The Balaban J connectivity index is 1.70. The van der Waals surface area contributed by atoms with Gasteiger partial charge in [-0.3, -0.25) is 9.69 Å². The van der Waals surface area contributed by atoms with Crippen molar-refractivity contribution in [2.24, 2.45) is 0 Å². The average Bonchev–Trinajstić information content (AvgIpc) is 2.61. The maximum atomic E-state index is 12.0. The molecule has 132 valence electrons. The molecule has 2 rings (SSSR count). The minimum atomic E-state index is -0.450. The van der Waals surface area contributed by atoms with Crippen LogP contribution in [0.2, 0.25) is 0 Å². The highest BCUT2D eigenvalue weighted by Crippen LogP contribution is 2.10. The second-order valence-electron chi connectivity index (χ2n) is 6.05. The minimum Gasteiger partial charge on any atom is -0.374 e. The van der Waals surface area contributed by atoms with Crippen molar-refractivity contribution in [1.82, 2.24) is 10.2 Å². The molecule has 0 aliphatic carbocycles. The van der Waals surface area contributed by atoms with E-state index < -0.39 is 6.10 Å². The van der Waals surface area contributed by atoms with Crippen LogP contribution < -0.4 is 5.32 Å². The molecule has 0 radical (unpaired) electrons. The summed E-state index contributed by atoms with van der Waals surface area (Å²) < 4.78 is 11.2. The maximum absolute atomic E-state index is 12.0. The number of morpholine rings is 1. The molecule has 0 spiro atoms. The Kier molecular flexibility index (Phi) is 7.95. The molecule has 5 heteroatoms. The first-order valence-corrected chi connectivity index (χ1v) is 8.57. The van der Waals surface area contributed by atoms with Crippen LogP contribution in [-0.4, -0.2) is 55.9 Å². The van der Waals surface area contributed by atoms with E-state index in [4.69, 9.17) is 9.47 Å². The second kappa shape index (κ2) is 10.2. The Bertz CT molecular complexity index is 507. The van der Waals surface area contributed by atoms with E-state index in [0.29, 0.717) is 19.8 Å². The van der Waals surface area contributed by atoms with Crippen LogP contribution in [0.25, 0.3) is 0 Å². The van der Waals surface area contributed by atoms with Crippen molar-refractivity contribution in [3.8, 4) is 0 Å². The number of hydrogen-bond donors (Lipinski definition) is 1. The van der Waals surface area contributed by atoms with Gasteiger partial charge in [0, 0.05) is 26.2 Å². The Labute approximate surface area is 144 Å². The Morgan fingerprint density at radius 2 is 2.29 bits per heavy atom. The molecule has 0 unspecified atom stereocenters. The van der Waals surface area contributed by atoms with Gasteiger partial charge in [0.25, 0.3) is 0 Å². The lowest BCUT2D eigenvalue weighted by atomic mass is 10.2. The highest BCUT2D eigenvalue weighted by molar-refractivity contribution is 5.80. The van der Waals surface area contributed by atoms with E-state index in [1.807, 2.05) is 6.07 Å². The van der Waals surface area contributed by atoms with Gasteiger partial charge in [-0.1, -0.05) is 36.4 Å². The Hall–Kier alpha value is -1.69. The molecule has 1 amide bonds. The number of carbonyl (C=O) groups is 1. The standard InChI is InChI=1S/C19H28N2O3/c1-3-4-11-23-16(2)19(22)20-13-18-15-21(10-12-24-18)14-17-8-6-5-7-9-17/h3,5-9,16,18H,1,4,10-15H2,2H3,(H,20,22)/t16-,18-/m1/s1. The second-order valence-corrected chi connectivity index (χ2v) is 6.05. The van der Waals surface area contributed by atoms with Crippen molar-refractivity contribution in [1.29, 1.82) is 0 Å². The van der Waals surface area contributed by atoms with Crippen molar-refractivity contribution < 1.29 is 14.3 Å². The number of hydrogen-bond acceptors (Lipinski definition) is 4. The van der Waals surface area contributed by atoms with Crippen LogP contribution in [0.15, 0.2) is 43.0 Å². The summed E-state index contributed by atoms with van der Waals surface area (Å²) in [4.78, 5) is 14.4. The van der Waals surface area contributed by atoms with Gasteiger partial charge in [0.2, 0.25) is 5.91 Å². The molecule has 24 heavy (non-hydrogen) atoms. The minimum absolute atomic E-state index is 0.0202. The summed E-state index contributed by atoms with van der Waals surface area (Å²) in [6, 6.07) is 10.4. The third-order valence-electron chi connectivity index (χ3n) is 4.03. The topological polar surface area (TPSA) is 50.8 Å². The number of benzene rings is 1. The summed E-state index contributed by atoms with van der Waals surface area (Å²) in [6.45, 7) is 9.77. The number of ether oxygens (including phenoxy) is 2. The van der Waals surface area contributed by atoms with Gasteiger partial charge in [0.05, 0.1) is 19.3 Å². The monoisotopic (exact) mass is 332 g/mol. The third kappa shape index (κ3) is 6.43. The smallest absolute Gasteiger partial charge is 0.248 e. The van der Waals surface area contributed by atoms with E-state index in [0.717, 1.165) is 26.1 Å². The molecule has 0 bridgehead atoms. The van der Waals surface area contributed by atoms with Gasteiger partial charge in [-0.25, -0.2) is 0 Å². The van der Waals surface area contributed by atoms with Gasteiger partial charge in [-0.15, -0.1) is 6.58 Å². The first kappa shape index (κ1) is 18.6. The Morgan fingerprint density at radius 3 is 3.04 bits per heavy atom. The Morgan fingerprint density at radius 1 is 1.50 bits per heavy atom. The quantitative estimate of drug-likeness (QED) is 0.555. The molecule has 1 aliphatic rings. The highest BCUT2D eigenvalue weighted by atomic mass is 16.5. The molecule has 0 aromatic heterocycles. The summed E-state index contributed by atoms with van der Waals surface area (Å²) >= 11 is 0. The van der Waals surface area contributed by atoms with Crippen LogP contribution >= 0.6 is 0 Å². The zero-order chi connectivity index (χ0) is 17.2. The first-order chi connectivity index (χ1) is 11.7. The lowest BCUT2D eigenvalue weighted by molar-refractivity contribution is -0.132. The highest BCUT2D eigenvalue weighted by Gasteiger charge is 2.22. The van der Waals surface area contributed by atoms with Crippen molar-refractivity contribution in [2.75, 3.05) is 32.8 Å². The van der Waals surface area contributed by atoms with E-state index >= 15 is 0 Å². The molecule has 1 aliphatic heterocycles. The molecule has 1 heterocycles. The van der Waals surface area contributed by atoms with Crippen LogP contribution in [0.5, 0.6) is 0 Å². The van der Waals surface area contributed by atoms with Gasteiger partial charge in [-0.05, 0) is 18.9 Å². The molecule has 2 atom stereocenters. The molecular formula is C19H28N2O3. The molecule has 1 aromatic carbocycles. The van der Waals surface area contributed by atoms with Crippen molar-refractivity contribution in [2.45, 2.75) is 32.1 Å².